The Kier molecular flexibility index (Phi) is 7.57. The van der Waals surface area contributed by atoms with Crippen LogP contribution in [0.4, 0.5) is 0 Å². The highest BCUT2D eigenvalue weighted by molar-refractivity contribution is 5.92. The van der Waals surface area contributed by atoms with Gasteiger partial charge in [-0.3, -0.25) is 19.7 Å². The van der Waals surface area contributed by atoms with E-state index in [-0.39, 0.29) is 24.0 Å². The van der Waals surface area contributed by atoms with Crippen molar-refractivity contribution in [2.45, 2.75) is 27.2 Å². The maximum absolute atomic E-state index is 9.92. The van der Waals surface area contributed by atoms with Crippen LogP contribution in [0.5, 0.6) is 0 Å². The van der Waals surface area contributed by atoms with Gasteiger partial charge in [0.2, 0.25) is 11.8 Å². The predicted octanol–water partition coefficient (Wildman–Crippen LogP) is -0.167. The van der Waals surface area contributed by atoms with Crippen LogP contribution < -0.4 is 5.32 Å². The minimum atomic E-state index is -0.813. The van der Waals surface area contributed by atoms with Gasteiger partial charge in [-0.2, -0.15) is 0 Å². The van der Waals surface area contributed by atoms with Gasteiger partial charge < -0.3 is 4.79 Å². The number of imide groups is 1. The SMILES string of the molecule is CC(=O)NC(C)=O.[2H]C(=O)CC(C)=O. The lowest BCUT2D eigenvalue weighted by Gasteiger charge is -1.88. The van der Waals surface area contributed by atoms with E-state index in [4.69, 9.17) is 1.37 Å². The van der Waals surface area contributed by atoms with Gasteiger partial charge >= 0.3 is 0 Å². The Morgan fingerprint density at radius 1 is 1.23 bits per heavy atom. The van der Waals surface area contributed by atoms with Gasteiger partial charge in [0, 0.05) is 13.8 Å². The summed E-state index contributed by atoms with van der Waals surface area (Å²) in [5.74, 6) is -0.875. The molecule has 0 saturated heterocycles. The highest BCUT2D eigenvalue weighted by atomic mass is 16.2. The lowest BCUT2D eigenvalue weighted by atomic mass is 10.3. The molecule has 0 aliphatic rings. The zero-order chi connectivity index (χ0) is 11.7. The van der Waals surface area contributed by atoms with Crippen LogP contribution in [0.25, 0.3) is 0 Å². The monoisotopic (exact) mass is 188 g/mol. The van der Waals surface area contributed by atoms with Gasteiger partial charge in [-0.1, -0.05) is 0 Å². The average Bonchev–Trinajstić information content (AvgIpc) is 1.79. The van der Waals surface area contributed by atoms with Crippen molar-refractivity contribution < 1.29 is 20.5 Å². The molecule has 0 aliphatic heterocycles. The van der Waals surface area contributed by atoms with Crippen molar-refractivity contribution in [1.82, 2.24) is 5.32 Å². The third-order valence-corrected chi connectivity index (χ3v) is 0.673. The molecule has 0 bridgehead atoms. The number of rotatable bonds is 2. The van der Waals surface area contributed by atoms with Gasteiger partial charge in [0.05, 0.1) is 6.42 Å². The molecule has 5 nitrogen and oxygen atoms in total. The number of ketones is 1. The number of carbonyl (C=O) groups is 4. The maximum atomic E-state index is 9.92. The summed E-state index contributed by atoms with van der Waals surface area (Å²) < 4.78 is 6.25. The molecular weight excluding hydrogens is 174 g/mol. The summed E-state index contributed by atoms with van der Waals surface area (Å²) in [5.41, 5.74) is 0. The van der Waals surface area contributed by atoms with Gasteiger partial charge in [-0.05, 0) is 6.92 Å². The Labute approximate surface area is 77.9 Å². The first kappa shape index (κ1) is 11.5. The van der Waals surface area contributed by atoms with E-state index in [1.54, 1.807) is 0 Å². The molecular formula is C8H13NO4. The number of hydrogen-bond acceptors (Lipinski definition) is 4. The van der Waals surface area contributed by atoms with E-state index in [0.717, 1.165) is 0 Å². The third-order valence-electron chi connectivity index (χ3n) is 0.673. The number of carbonyl (C=O) groups excluding carboxylic acids is 4. The van der Waals surface area contributed by atoms with Crippen molar-refractivity contribution in [1.29, 1.82) is 0 Å². The number of hydrogen-bond donors (Lipinski definition) is 1. The quantitative estimate of drug-likeness (QED) is 0.482. The smallest absolute Gasteiger partial charge is 0.223 e. The van der Waals surface area contributed by atoms with Crippen molar-refractivity contribution in [3.05, 3.63) is 0 Å². The number of Topliss-reactive ketones (excluding diaryl/α,β-unsaturated/α-hetero) is 1. The summed E-state index contributed by atoms with van der Waals surface area (Å²) in [4.78, 5) is 39.5. The molecule has 0 spiro atoms. The van der Waals surface area contributed by atoms with Gasteiger partial charge in [0.1, 0.15) is 13.4 Å². The standard InChI is InChI=1S/C4H7NO2.C4H6O2/c1-3(6)5-4(2)7;1-4(6)2-3-5/h1-2H3,(H,5,6,7);3H,2H2,1H3/i;3D. The number of amides is 2. The Balaban J connectivity index is 0. The summed E-state index contributed by atoms with van der Waals surface area (Å²) in [6.45, 7) is 3.87. The summed E-state index contributed by atoms with van der Waals surface area (Å²) in [6.07, 6.45) is -1.06. The summed E-state index contributed by atoms with van der Waals surface area (Å²) in [5, 5.41) is 2.03. The first-order valence-electron chi connectivity index (χ1n) is 4.02. The highest BCUT2D eigenvalue weighted by Crippen LogP contribution is 1.69. The van der Waals surface area contributed by atoms with Gasteiger partial charge in [-0.15, -0.1) is 0 Å². The van der Waals surface area contributed by atoms with Crippen molar-refractivity contribution in [2.75, 3.05) is 0 Å². The summed E-state index contributed by atoms with van der Waals surface area (Å²) in [6, 6.07) is 0. The Hall–Kier alpha value is -1.52. The molecule has 5 heteroatoms. The van der Waals surface area contributed by atoms with E-state index in [2.05, 4.69) is 0 Å². The molecule has 0 aromatic rings. The molecule has 1 N–H and O–H groups in total. The lowest BCUT2D eigenvalue weighted by molar-refractivity contribution is -0.128. The van der Waals surface area contributed by atoms with E-state index in [1.807, 2.05) is 5.32 Å². The molecule has 0 aliphatic carbocycles. The predicted molar refractivity (Wildman–Crippen MR) is 45.9 cm³/mol. The van der Waals surface area contributed by atoms with Crippen LogP contribution in [0, 0.1) is 0 Å². The van der Waals surface area contributed by atoms with Crippen molar-refractivity contribution >= 4 is 23.9 Å². The van der Waals surface area contributed by atoms with Crippen molar-refractivity contribution in [3.8, 4) is 0 Å². The minimum Gasteiger partial charge on any atom is -0.303 e. The van der Waals surface area contributed by atoms with E-state index in [0.29, 0.717) is 0 Å². The molecule has 0 atom stereocenters. The fourth-order valence-corrected chi connectivity index (χ4v) is 0.350. The Morgan fingerprint density at radius 2 is 1.62 bits per heavy atom. The maximum Gasteiger partial charge on any atom is 0.223 e. The summed E-state index contributed by atoms with van der Waals surface area (Å²) in [7, 11) is 0. The molecule has 2 amide bonds. The first-order chi connectivity index (χ1) is 6.25. The van der Waals surface area contributed by atoms with Gasteiger partial charge in [0.25, 0.3) is 0 Å². The first-order valence-corrected chi connectivity index (χ1v) is 3.52. The van der Waals surface area contributed by atoms with Crippen LogP contribution in [-0.4, -0.2) is 23.9 Å². The topological polar surface area (TPSA) is 80.3 Å². The van der Waals surface area contributed by atoms with Crippen molar-refractivity contribution in [2.24, 2.45) is 0 Å². The molecule has 0 heterocycles. The number of nitrogens with one attached hydrogen (secondary N) is 1. The average molecular weight is 188 g/mol. The highest BCUT2D eigenvalue weighted by Gasteiger charge is 1.90. The molecule has 0 rings (SSSR count). The second-order valence-electron chi connectivity index (χ2n) is 2.26. The lowest BCUT2D eigenvalue weighted by Crippen LogP contribution is -2.24. The van der Waals surface area contributed by atoms with Gasteiger partial charge in [-0.25, -0.2) is 0 Å². The Morgan fingerprint density at radius 3 is 1.62 bits per heavy atom. The third kappa shape index (κ3) is 25.1. The molecule has 13 heavy (non-hydrogen) atoms. The molecule has 0 unspecified atom stereocenters. The van der Waals surface area contributed by atoms with Crippen LogP contribution in [0.15, 0.2) is 0 Å². The van der Waals surface area contributed by atoms with E-state index in [9.17, 15) is 19.2 Å². The van der Waals surface area contributed by atoms with Crippen LogP contribution in [0.1, 0.15) is 28.6 Å². The second kappa shape index (κ2) is 8.58. The fourth-order valence-electron chi connectivity index (χ4n) is 0.350. The normalized spacial score (nSPS) is 8.69. The molecule has 0 saturated carbocycles. The zero-order valence-electron chi connectivity index (χ0n) is 8.84. The van der Waals surface area contributed by atoms with Crippen LogP contribution in [-0.2, 0) is 19.2 Å². The van der Waals surface area contributed by atoms with E-state index >= 15 is 0 Å². The van der Waals surface area contributed by atoms with E-state index < -0.39 is 6.26 Å². The van der Waals surface area contributed by atoms with E-state index in [1.165, 1.54) is 20.8 Å². The Bertz CT molecular complexity index is 200. The van der Waals surface area contributed by atoms with Gasteiger partial charge in [0.15, 0.2) is 0 Å². The molecule has 74 valence electrons. The zero-order valence-corrected chi connectivity index (χ0v) is 7.84. The van der Waals surface area contributed by atoms with Crippen LogP contribution in [0.3, 0.4) is 0 Å². The molecule has 0 aromatic heterocycles. The molecule has 0 fully saturated rings. The largest absolute Gasteiger partial charge is 0.303 e. The number of aldehydes is 1. The minimum absolute atomic E-state index is 0.250. The van der Waals surface area contributed by atoms with Crippen LogP contribution in [0.2, 0.25) is 0 Å². The molecule has 0 radical (unpaired) electrons. The second-order valence-corrected chi connectivity index (χ2v) is 2.26. The van der Waals surface area contributed by atoms with Crippen molar-refractivity contribution in [3.63, 3.8) is 0 Å². The molecule has 0 aromatic carbocycles. The summed E-state index contributed by atoms with van der Waals surface area (Å²) >= 11 is 0. The van der Waals surface area contributed by atoms with Crippen LogP contribution >= 0.6 is 0 Å². The fraction of sp³-hybridized carbons (Fsp3) is 0.500.